The number of non-ortho nitro benzene ring substituents is 1. The lowest BCUT2D eigenvalue weighted by molar-refractivity contribution is -0.384. The summed E-state index contributed by atoms with van der Waals surface area (Å²) >= 11 is 0. The van der Waals surface area contributed by atoms with Crippen LogP contribution in [0.5, 0.6) is 0 Å². The van der Waals surface area contributed by atoms with Gasteiger partial charge in [0.05, 0.1) is 4.92 Å². The van der Waals surface area contributed by atoms with Gasteiger partial charge in [0.15, 0.2) is 0 Å². The predicted octanol–water partition coefficient (Wildman–Crippen LogP) is 4.38. The van der Waals surface area contributed by atoms with E-state index in [0.717, 1.165) is 11.1 Å². The first-order chi connectivity index (χ1) is 15.4. The number of hydrogen-bond acceptors (Lipinski definition) is 5. The van der Waals surface area contributed by atoms with Gasteiger partial charge in [-0.25, -0.2) is 4.79 Å². The van der Waals surface area contributed by atoms with Crippen LogP contribution in [0.3, 0.4) is 0 Å². The van der Waals surface area contributed by atoms with Gasteiger partial charge in [0.25, 0.3) is 5.69 Å². The van der Waals surface area contributed by atoms with E-state index in [-0.39, 0.29) is 18.7 Å². The van der Waals surface area contributed by atoms with Crippen molar-refractivity contribution in [1.82, 2.24) is 5.32 Å². The van der Waals surface area contributed by atoms with Crippen LogP contribution < -0.4 is 10.6 Å². The second kappa shape index (κ2) is 10.7. The third-order valence-electron chi connectivity index (χ3n) is 4.81. The van der Waals surface area contributed by atoms with Crippen LogP contribution in [-0.4, -0.2) is 23.0 Å². The molecule has 3 aromatic rings. The minimum Gasteiger partial charge on any atom is -0.445 e. The molecule has 0 aromatic heterocycles. The Balaban J connectivity index is 1.71. The monoisotopic (exact) mass is 433 g/mol. The number of benzene rings is 3. The van der Waals surface area contributed by atoms with E-state index in [1.165, 1.54) is 12.1 Å². The van der Waals surface area contributed by atoms with Gasteiger partial charge in [0, 0.05) is 24.2 Å². The lowest BCUT2D eigenvalue weighted by atomic mass is 10.0. The molecule has 0 saturated heterocycles. The van der Waals surface area contributed by atoms with Gasteiger partial charge in [0.2, 0.25) is 5.91 Å². The van der Waals surface area contributed by atoms with Crippen molar-refractivity contribution < 1.29 is 19.2 Å². The summed E-state index contributed by atoms with van der Waals surface area (Å²) < 4.78 is 5.25. The summed E-state index contributed by atoms with van der Waals surface area (Å²) in [6.45, 7) is 1.93. The average molecular weight is 433 g/mol. The lowest BCUT2D eigenvalue weighted by Gasteiger charge is -2.19. The normalized spacial score (nSPS) is 11.3. The predicted molar refractivity (Wildman–Crippen MR) is 120 cm³/mol. The lowest BCUT2D eigenvalue weighted by Crippen LogP contribution is -2.45. The highest BCUT2D eigenvalue weighted by Crippen LogP contribution is 2.16. The molecule has 0 unspecified atom stereocenters. The number of aryl methyl sites for hydroxylation is 1. The number of anilines is 1. The second-order valence-corrected chi connectivity index (χ2v) is 7.19. The fourth-order valence-electron chi connectivity index (χ4n) is 3.04. The zero-order valence-electron chi connectivity index (χ0n) is 17.5. The van der Waals surface area contributed by atoms with Gasteiger partial charge in [-0.1, -0.05) is 60.7 Å². The Kier molecular flexibility index (Phi) is 7.53. The largest absolute Gasteiger partial charge is 0.445 e. The molecule has 0 heterocycles. The Morgan fingerprint density at radius 3 is 2.25 bits per heavy atom. The van der Waals surface area contributed by atoms with E-state index in [9.17, 15) is 19.7 Å². The Morgan fingerprint density at radius 2 is 1.59 bits per heavy atom. The van der Waals surface area contributed by atoms with Gasteiger partial charge in [-0.2, -0.15) is 0 Å². The fraction of sp³-hybridized carbons (Fsp3) is 0.167. The van der Waals surface area contributed by atoms with Crippen molar-refractivity contribution in [3.8, 4) is 0 Å². The van der Waals surface area contributed by atoms with Crippen LogP contribution in [0.4, 0.5) is 16.2 Å². The van der Waals surface area contributed by atoms with Crippen molar-refractivity contribution in [1.29, 1.82) is 0 Å². The van der Waals surface area contributed by atoms with E-state index >= 15 is 0 Å². The molecule has 0 aliphatic heterocycles. The highest BCUT2D eigenvalue weighted by atomic mass is 16.6. The molecule has 0 aliphatic rings. The summed E-state index contributed by atoms with van der Waals surface area (Å²) in [5.74, 6) is -0.422. The zero-order valence-corrected chi connectivity index (χ0v) is 17.5. The first-order valence-electron chi connectivity index (χ1n) is 9.99. The maximum Gasteiger partial charge on any atom is 0.408 e. The van der Waals surface area contributed by atoms with Crippen molar-refractivity contribution >= 4 is 23.4 Å². The molecule has 3 aromatic carbocycles. The van der Waals surface area contributed by atoms with Crippen LogP contribution in [0.25, 0.3) is 0 Å². The minimum atomic E-state index is -0.945. The van der Waals surface area contributed by atoms with Crippen molar-refractivity contribution in [3.63, 3.8) is 0 Å². The van der Waals surface area contributed by atoms with Gasteiger partial charge in [-0.3, -0.25) is 14.9 Å². The molecule has 8 heteroatoms. The molecule has 0 aliphatic carbocycles. The van der Waals surface area contributed by atoms with Gasteiger partial charge in [-0.05, 0) is 29.7 Å². The third kappa shape index (κ3) is 6.40. The van der Waals surface area contributed by atoms with Crippen LogP contribution in [-0.2, 0) is 22.6 Å². The number of rotatable bonds is 8. The van der Waals surface area contributed by atoms with E-state index in [1.807, 2.05) is 49.4 Å². The second-order valence-electron chi connectivity index (χ2n) is 7.19. The standard InChI is InChI=1S/C24H23N3O5/c1-17-7-5-6-10-21(17)25-23(28)22(15-18-11-13-20(14-12-18)27(30)31)26-24(29)32-16-19-8-3-2-4-9-19/h2-14,22H,15-16H2,1H3,(H,25,28)(H,26,29)/t22-/m0/s1. The van der Waals surface area contributed by atoms with E-state index < -0.39 is 23.0 Å². The summed E-state index contributed by atoms with van der Waals surface area (Å²) in [5, 5.41) is 16.3. The Hall–Kier alpha value is -4.20. The summed E-state index contributed by atoms with van der Waals surface area (Å²) in [5.41, 5.74) is 2.93. The van der Waals surface area contributed by atoms with Gasteiger partial charge in [-0.15, -0.1) is 0 Å². The van der Waals surface area contributed by atoms with Gasteiger partial charge < -0.3 is 15.4 Å². The quantitative estimate of drug-likeness (QED) is 0.405. The number of amides is 2. The van der Waals surface area contributed by atoms with Crippen LogP contribution in [0, 0.1) is 17.0 Å². The number of nitrogens with one attached hydrogen (secondary N) is 2. The number of para-hydroxylation sites is 1. The van der Waals surface area contributed by atoms with E-state index in [2.05, 4.69) is 10.6 Å². The molecule has 0 radical (unpaired) electrons. The number of nitrogens with zero attached hydrogens (tertiary/aromatic N) is 1. The van der Waals surface area contributed by atoms with Crippen LogP contribution >= 0.6 is 0 Å². The molecule has 2 amide bonds. The number of nitro benzene ring substituents is 1. The highest BCUT2D eigenvalue weighted by Gasteiger charge is 2.23. The summed E-state index contributed by atoms with van der Waals surface area (Å²) in [4.78, 5) is 35.7. The molecular formula is C24H23N3O5. The number of carbonyl (C=O) groups is 2. The molecule has 0 spiro atoms. The Morgan fingerprint density at radius 1 is 0.938 bits per heavy atom. The minimum absolute atomic E-state index is 0.0510. The smallest absolute Gasteiger partial charge is 0.408 e. The van der Waals surface area contributed by atoms with Gasteiger partial charge in [0.1, 0.15) is 12.6 Å². The molecular weight excluding hydrogens is 410 g/mol. The molecule has 3 rings (SSSR count). The van der Waals surface area contributed by atoms with Crippen molar-refractivity contribution in [2.75, 3.05) is 5.32 Å². The molecule has 0 fully saturated rings. The van der Waals surface area contributed by atoms with E-state index in [1.54, 1.807) is 24.3 Å². The molecule has 32 heavy (non-hydrogen) atoms. The Bertz CT molecular complexity index is 1080. The van der Waals surface area contributed by atoms with E-state index in [0.29, 0.717) is 11.3 Å². The van der Waals surface area contributed by atoms with Crippen molar-refractivity contribution in [2.24, 2.45) is 0 Å². The molecule has 8 nitrogen and oxygen atoms in total. The maximum atomic E-state index is 13.0. The number of hydrogen-bond donors (Lipinski definition) is 2. The highest BCUT2D eigenvalue weighted by molar-refractivity contribution is 5.97. The maximum absolute atomic E-state index is 13.0. The van der Waals surface area contributed by atoms with Gasteiger partial charge >= 0.3 is 6.09 Å². The number of nitro groups is 1. The first kappa shape index (κ1) is 22.5. The number of ether oxygens (including phenoxy) is 1. The first-order valence-corrected chi connectivity index (χ1v) is 9.99. The van der Waals surface area contributed by atoms with Crippen LogP contribution in [0.15, 0.2) is 78.9 Å². The molecule has 1 atom stereocenters. The Labute approximate surface area is 185 Å². The SMILES string of the molecule is Cc1ccccc1NC(=O)[C@H](Cc1ccc([N+](=O)[O-])cc1)NC(=O)OCc1ccccc1. The molecule has 0 saturated carbocycles. The average Bonchev–Trinajstić information content (AvgIpc) is 2.80. The van der Waals surface area contributed by atoms with E-state index in [4.69, 9.17) is 4.74 Å². The van der Waals surface area contributed by atoms with Crippen molar-refractivity contribution in [3.05, 3.63) is 106 Å². The number of carbonyl (C=O) groups excluding carboxylic acids is 2. The summed E-state index contributed by atoms with van der Waals surface area (Å²) in [6, 6.07) is 21.4. The zero-order chi connectivity index (χ0) is 22.9. The molecule has 0 bridgehead atoms. The fourth-order valence-corrected chi connectivity index (χ4v) is 3.04. The van der Waals surface area contributed by atoms with Crippen molar-refractivity contribution in [2.45, 2.75) is 26.0 Å². The van der Waals surface area contributed by atoms with Crippen LogP contribution in [0.2, 0.25) is 0 Å². The molecule has 2 N–H and O–H groups in total. The third-order valence-corrected chi connectivity index (χ3v) is 4.81. The molecule has 164 valence electrons. The number of alkyl carbamates (subject to hydrolysis) is 1. The topological polar surface area (TPSA) is 111 Å². The summed E-state index contributed by atoms with van der Waals surface area (Å²) in [6.07, 6.45) is -0.600. The van der Waals surface area contributed by atoms with Crippen LogP contribution in [0.1, 0.15) is 16.7 Å². The summed E-state index contributed by atoms with van der Waals surface area (Å²) in [7, 11) is 0.